The second-order valence-electron chi connectivity index (χ2n) is 13.0. The predicted molar refractivity (Wildman–Crippen MR) is 189 cm³/mol. The van der Waals surface area contributed by atoms with Crippen molar-refractivity contribution in [2.45, 2.75) is 58.2 Å². The Morgan fingerprint density at radius 1 is 0.960 bits per heavy atom. The van der Waals surface area contributed by atoms with Crippen molar-refractivity contribution in [3.8, 4) is 0 Å². The monoisotopic (exact) mass is 709 g/mol. The molecule has 15 nitrogen and oxygen atoms in total. The van der Waals surface area contributed by atoms with Crippen LogP contribution in [0.2, 0.25) is 0 Å². The van der Waals surface area contributed by atoms with Crippen molar-refractivity contribution >= 4 is 57.7 Å². The van der Waals surface area contributed by atoms with Gasteiger partial charge in [-0.05, 0) is 30.9 Å². The molecule has 6 N–H and O–H groups in total. The summed E-state index contributed by atoms with van der Waals surface area (Å²) in [6.07, 6.45) is 2.44. The van der Waals surface area contributed by atoms with Crippen molar-refractivity contribution in [2.24, 2.45) is 11.7 Å². The van der Waals surface area contributed by atoms with Gasteiger partial charge in [-0.1, -0.05) is 32.0 Å². The molecule has 1 aliphatic heterocycles. The number of thiazole rings is 1. The van der Waals surface area contributed by atoms with Gasteiger partial charge < -0.3 is 41.4 Å². The zero-order chi connectivity index (χ0) is 36.5. The predicted octanol–water partition coefficient (Wildman–Crippen LogP) is 0.781. The van der Waals surface area contributed by atoms with E-state index in [4.69, 9.17) is 5.73 Å². The van der Waals surface area contributed by atoms with E-state index in [1.807, 2.05) is 38.1 Å². The minimum absolute atomic E-state index is 0.0192. The van der Waals surface area contributed by atoms with Crippen LogP contribution in [-0.2, 0) is 30.4 Å². The summed E-state index contributed by atoms with van der Waals surface area (Å²) in [5, 5.41) is 11.4. The number of para-hydroxylation sites is 1. The van der Waals surface area contributed by atoms with Crippen molar-refractivity contribution in [3.05, 3.63) is 52.1 Å². The van der Waals surface area contributed by atoms with Crippen molar-refractivity contribution in [1.29, 1.82) is 0 Å². The highest BCUT2D eigenvalue weighted by Crippen LogP contribution is 2.25. The van der Waals surface area contributed by atoms with E-state index in [1.165, 1.54) is 40.0 Å². The Morgan fingerprint density at radius 2 is 1.68 bits per heavy atom. The average molecular weight is 710 g/mol. The van der Waals surface area contributed by atoms with Crippen LogP contribution in [0.25, 0.3) is 10.9 Å². The molecule has 1 aromatic carbocycles. The number of nitrogens with zero attached hydrogens (tertiary/aromatic N) is 4. The number of aromatic nitrogens is 2. The molecule has 0 fully saturated rings. The molecule has 4 rings (SSSR count). The number of H-pyrrole nitrogens is 1. The number of hydrogen-bond donors (Lipinski definition) is 5. The standard InChI is InChI=1S/C34H47N9O6S/c1-20(2)14-25-32-40-27(19-50-32)31(47)39-26(15-22-16-36-24-9-7-6-8-23(22)24)34(49)42(5)17-28(44)37-21(3)33(48)41(4)12-13-43(18-29(45)38-25)30(46)10-11-35/h6-9,16,19-21,25-26,36H,10-15,17-18,35H2,1-5H3,(H,37,44)(H,38,45)(H,39,47)/t21-,25-,26+/m0/s1. The number of carbonyl (C=O) groups excluding carboxylic acids is 6. The zero-order valence-electron chi connectivity index (χ0n) is 29.2. The highest BCUT2D eigenvalue weighted by atomic mass is 32.1. The lowest BCUT2D eigenvalue weighted by atomic mass is 10.0. The van der Waals surface area contributed by atoms with Crippen LogP contribution >= 0.6 is 11.3 Å². The molecule has 2 aromatic heterocycles. The van der Waals surface area contributed by atoms with Gasteiger partial charge in [0.15, 0.2) is 0 Å². The molecule has 0 saturated carbocycles. The molecule has 0 aliphatic carbocycles. The molecule has 6 amide bonds. The first kappa shape index (κ1) is 38.0. The molecule has 3 heterocycles. The number of likely N-dealkylation sites (N-methyl/N-ethyl adjacent to an activating group) is 2. The van der Waals surface area contributed by atoms with Gasteiger partial charge in [0.25, 0.3) is 5.91 Å². The van der Waals surface area contributed by atoms with Crippen LogP contribution in [0.3, 0.4) is 0 Å². The van der Waals surface area contributed by atoms with E-state index in [9.17, 15) is 28.8 Å². The molecule has 1 aliphatic rings. The smallest absolute Gasteiger partial charge is 0.271 e. The highest BCUT2D eigenvalue weighted by Gasteiger charge is 2.30. The molecule has 0 saturated heterocycles. The first-order valence-corrected chi connectivity index (χ1v) is 17.5. The molecule has 270 valence electrons. The Balaban J connectivity index is 1.67. The normalized spacial score (nSPS) is 20.8. The van der Waals surface area contributed by atoms with Gasteiger partial charge in [0.1, 0.15) is 22.8 Å². The van der Waals surface area contributed by atoms with Gasteiger partial charge in [0, 0.05) is 69.1 Å². The Hall–Kier alpha value is -4.83. The van der Waals surface area contributed by atoms with Crippen molar-refractivity contribution in [2.75, 3.05) is 46.8 Å². The first-order valence-electron chi connectivity index (χ1n) is 16.6. The summed E-state index contributed by atoms with van der Waals surface area (Å²) in [4.78, 5) is 91.7. The third-order valence-corrected chi connectivity index (χ3v) is 9.39. The highest BCUT2D eigenvalue weighted by molar-refractivity contribution is 7.09. The number of carbonyl (C=O) groups is 6. The summed E-state index contributed by atoms with van der Waals surface area (Å²) in [7, 11) is 3.00. The van der Waals surface area contributed by atoms with E-state index in [0.717, 1.165) is 16.5 Å². The molecular formula is C34H47N9O6S. The maximum atomic E-state index is 13.9. The van der Waals surface area contributed by atoms with Gasteiger partial charge in [0.2, 0.25) is 29.5 Å². The minimum atomic E-state index is -1.06. The van der Waals surface area contributed by atoms with Gasteiger partial charge in [0.05, 0.1) is 19.1 Å². The summed E-state index contributed by atoms with van der Waals surface area (Å²) >= 11 is 1.20. The van der Waals surface area contributed by atoms with Crippen LogP contribution in [0.1, 0.15) is 60.7 Å². The van der Waals surface area contributed by atoms with E-state index < -0.39 is 47.7 Å². The molecule has 0 radical (unpaired) electrons. The fraction of sp³-hybridized carbons (Fsp3) is 0.500. The number of benzene rings is 1. The van der Waals surface area contributed by atoms with Crippen molar-refractivity contribution in [1.82, 2.24) is 40.6 Å². The van der Waals surface area contributed by atoms with E-state index in [0.29, 0.717) is 11.4 Å². The second kappa shape index (κ2) is 17.2. The number of amides is 6. The third kappa shape index (κ3) is 9.88. The first-order chi connectivity index (χ1) is 23.8. The third-order valence-electron chi connectivity index (χ3n) is 8.43. The SMILES string of the molecule is CC(C)C[C@@H]1NC(=O)CN(C(=O)CCN)CCN(C)C(=O)[C@H](C)NC(=O)CN(C)C(=O)[C@@H](Cc2c[nH]c3ccccc23)NC(=O)c2csc1n2. The molecule has 2 bridgehead atoms. The van der Waals surface area contributed by atoms with Gasteiger partial charge in [-0.3, -0.25) is 28.8 Å². The topological polar surface area (TPSA) is 203 Å². The molecule has 3 aromatic rings. The second-order valence-corrected chi connectivity index (χ2v) is 13.9. The van der Waals surface area contributed by atoms with Gasteiger partial charge in [-0.25, -0.2) is 4.98 Å². The maximum absolute atomic E-state index is 13.9. The van der Waals surface area contributed by atoms with E-state index >= 15 is 0 Å². The fourth-order valence-corrected chi connectivity index (χ4v) is 6.67. The lowest BCUT2D eigenvalue weighted by Crippen LogP contribution is -2.53. The Bertz CT molecular complexity index is 1700. The maximum Gasteiger partial charge on any atom is 0.271 e. The van der Waals surface area contributed by atoms with Gasteiger partial charge in [-0.2, -0.15) is 0 Å². The Labute approximate surface area is 295 Å². The van der Waals surface area contributed by atoms with Crippen LogP contribution in [0.4, 0.5) is 0 Å². The molecular weight excluding hydrogens is 662 g/mol. The lowest BCUT2D eigenvalue weighted by Gasteiger charge is -2.28. The van der Waals surface area contributed by atoms with Crippen LogP contribution in [0.15, 0.2) is 35.8 Å². The Kier molecular flexibility index (Phi) is 13.1. The van der Waals surface area contributed by atoms with Crippen LogP contribution in [0.5, 0.6) is 0 Å². The zero-order valence-corrected chi connectivity index (χ0v) is 30.0. The number of nitrogens with two attached hydrogens (primary N) is 1. The van der Waals surface area contributed by atoms with E-state index in [1.54, 1.807) is 18.6 Å². The summed E-state index contributed by atoms with van der Waals surface area (Å²) in [6, 6.07) is 5.03. The molecule has 0 spiro atoms. The number of fused-ring (bicyclic) bond motifs is 3. The summed E-state index contributed by atoms with van der Waals surface area (Å²) in [5.41, 5.74) is 7.37. The summed E-state index contributed by atoms with van der Waals surface area (Å²) in [6.45, 7) is 5.11. The number of hydrogen-bond acceptors (Lipinski definition) is 9. The van der Waals surface area contributed by atoms with Gasteiger partial charge >= 0.3 is 0 Å². The molecule has 50 heavy (non-hydrogen) atoms. The molecule has 0 unspecified atom stereocenters. The molecule has 16 heteroatoms. The Morgan fingerprint density at radius 3 is 2.40 bits per heavy atom. The quantitative estimate of drug-likeness (QED) is 0.247. The van der Waals surface area contributed by atoms with Crippen molar-refractivity contribution < 1.29 is 28.8 Å². The average Bonchev–Trinajstić information content (AvgIpc) is 3.72. The van der Waals surface area contributed by atoms with Crippen LogP contribution in [-0.4, -0.2) is 119 Å². The largest absolute Gasteiger partial charge is 0.361 e. The summed E-state index contributed by atoms with van der Waals surface area (Å²) in [5.74, 6) is -2.72. The lowest BCUT2D eigenvalue weighted by molar-refractivity contribution is -0.139. The fourth-order valence-electron chi connectivity index (χ4n) is 5.80. The number of rotatable bonds is 6. The number of nitrogens with one attached hydrogen (secondary N) is 4. The van der Waals surface area contributed by atoms with Crippen LogP contribution in [0, 0.1) is 5.92 Å². The number of aromatic amines is 1. The van der Waals surface area contributed by atoms with E-state index in [2.05, 4.69) is 25.9 Å². The van der Waals surface area contributed by atoms with E-state index in [-0.39, 0.29) is 63.1 Å². The van der Waals surface area contributed by atoms with Gasteiger partial charge in [-0.15, -0.1) is 11.3 Å². The summed E-state index contributed by atoms with van der Waals surface area (Å²) < 4.78 is 0. The van der Waals surface area contributed by atoms with Crippen LogP contribution < -0.4 is 21.7 Å². The molecule has 3 atom stereocenters. The minimum Gasteiger partial charge on any atom is -0.361 e. The van der Waals surface area contributed by atoms with Crippen molar-refractivity contribution in [3.63, 3.8) is 0 Å².